The lowest BCUT2D eigenvalue weighted by molar-refractivity contribution is -0.122. The third-order valence-corrected chi connectivity index (χ3v) is 5.27. The maximum absolute atomic E-state index is 12.6. The number of ether oxygens (including phenoxy) is 1. The smallest absolute Gasteiger partial charge is 0.293 e. The second kappa shape index (κ2) is 8.89. The molecule has 0 aliphatic carbocycles. The highest BCUT2D eigenvalue weighted by Gasteiger charge is 2.36. The molecule has 1 fully saturated rings. The fraction of sp³-hybridized carbons (Fsp3) is 0.227. The molecule has 0 spiro atoms. The van der Waals surface area contributed by atoms with Crippen molar-refractivity contribution in [3.05, 3.63) is 70.6 Å². The van der Waals surface area contributed by atoms with Crippen LogP contribution in [-0.2, 0) is 4.79 Å². The van der Waals surface area contributed by atoms with Gasteiger partial charge in [-0.25, -0.2) is 0 Å². The maximum atomic E-state index is 12.6. The van der Waals surface area contributed by atoms with E-state index in [2.05, 4.69) is 6.92 Å². The van der Waals surface area contributed by atoms with Gasteiger partial charge < -0.3 is 4.74 Å². The van der Waals surface area contributed by atoms with E-state index in [0.29, 0.717) is 10.5 Å². The molecule has 0 radical (unpaired) electrons. The number of amides is 2. The number of rotatable bonds is 7. The zero-order chi connectivity index (χ0) is 20.1. The summed E-state index contributed by atoms with van der Waals surface area (Å²) in [4.78, 5) is 38.4. The monoisotopic (exact) mass is 395 g/mol. The van der Waals surface area contributed by atoms with E-state index in [1.54, 1.807) is 36.4 Å². The van der Waals surface area contributed by atoms with E-state index in [1.807, 2.05) is 31.2 Å². The molecule has 2 aromatic carbocycles. The molecule has 0 saturated carbocycles. The van der Waals surface area contributed by atoms with Crippen LogP contribution in [0.15, 0.2) is 59.5 Å². The van der Waals surface area contributed by atoms with Crippen LogP contribution in [0.25, 0.3) is 6.08 Å². The third kappa shape index (κ3) is 4.70. The van der Waals surface area contributed by atoms with Crippen LogP contribution < -0.4 is 4.74 Å². The Balaban J connectivity index is 1.69. The molecule has 6 heteroatoms. The Morgan fingerprint density at radius 3 is 2.43 bits per heavy atom. The molecule has 1 aliphatic heterocycles. The second-order valence-electron chi connectivity index (χ2n) is 6.46. The van der Waals surface area contributed by atoms with Gasteiger partial charge in [0.1, 0.15) is 5.75 Å². The number of hydrogen-bond acceptors (Lipinski definition) is 5. The molecule has 1 saturated heterocycles. The summed E-state index contributed by atoms with van der Waals surface area (Å²) in [5.41, 5.74) is 1.26. The highest BCUT2D eigenvalue weighted by Crippen LogP contribution is 2.32. The van der Waals surface area contributed by atoms with Gasteiger partial charge in [-0.05, 0) is 48.9 Å². The van der Waals surface area contributed by atoms with Gasteiger partial charge in [-0.2, -0.15) is 0 Å². The molecule has 0 bridgehead atoms. The van der Waals surface area contributed by atoms with Gasteiger partial charge in [0.25, 0.3) is 11.1 Å². The summed E-state index contributed by atoms with van der Waals surface area (Å²) in [5, 5.41) is -0.433. The average Bonchev–Trinajstić information content (AvgIpc) is 2.97. The second-order valence-corrected chi connectivity index (χ2v) is 7.46. The summed E-state index contributed by atoms with van der Waals surface area (Å²) in [6, 6.07) is 16.0. The molecule has 0 unspecified atom stereocenters. The lowest BCUT2D eigenvalue weighted by Gasteiger charge is -2.12. The lowest BCUT2D eigenvalue weighted by Crippen LogP contribution is -2.33. The van der Waals surface area contributed by atoms with Crippen molar-refractivity contribution in [1.29, 1.82) is 0 Å². The topological polar surface area (TPSA) is 63.7 Å². The molecular weight excluding hydrogens is 374 g/mol. The number of imide groups is 1. The van der Waals surface area contributed by atoms with Gasteiger partial charge >= 0.3 is 0 Å². The standard InChI is InChI=1S/C22H21NO4S/c1-3-15(2)27-18-11-9-16(10-12-18)13-20-21(25)23(22(26)28-20)14-19(24)17-7-5-4-6-8-17/h4-13,15H,3,14H2,1-2H3/b20-13-/t15-/m0/s1. The Hall–Kier alpha value is -2.86. The van der Waals surface area contributed by atoms with E-state index >= 15 is 0 Å². The van der Waals surface area contributed by atoms with E-state index in [4.69, 9.17) is 4.74 Å². The predicted octanol–water partition coefficient (Wildman–Crippen LogP) is 4.78. The average molecular weight is 395 g/mol. The number of carbonyl (C=O) groups is 3. The van der Waals surface area contributed by atoms with E-state index in [0.717, 1.165) is 34.4 Å². The summed E-state index contributed by atoms with van der Waals surface area (Å²) in [6.07, 6.45) is 2.70. The van der Waals surface area contributed by atoms with Gasteiger partial charge in [-0.15, -0.1) is 0 Å². The van der Waals surface area contributed by atoms with E-state index in [1.165, 1.54) is 0 Å². The number of carbonyl (C=O) groups excluding carboxylic acids is 3. The molecule has 144 valence electrons. The first-order chi connectivity index (χ1) is 13.5. The van der Waals surface area contributed by atoms with Crippen LogP contribution in [0.1, 0.15) is 36.2 Å². The first-order valence-corrected chi connectivity index (χ1v) is 9.90. The SMILES string of the molecule is CC[C@H](C)Oc1ccc(/C=C2\SC(=O)N(CC(=O)c3ccccc3)C2=O)cc1. The number of nitrogens with zero attached hydrogens (tertiary/aromatic N) is 1. The van der Waals surface area contributed by atoms with Crippen LogP contribution in [0.3, 0.4) is 0 Å². The summed E-state index contributed by atoms with van der Waals surface area (Å²) in [7, 11) is 0. The van der Waals surface area contributed by atoms with E-state index in [9.17, 15) is 14.4 Å². The van der Waals surface area contributed by atoms with Gasteiger partial charge in [0, 0.05) is 5.56 Å². The predicted molar refractivity (Wildman–Crippen MR) is 110 cm³/mol. The molecule has 0 N–H and O–H groups in total. The van der Waals surface area contributed by atoms with Gasteiger partial charge in [-0.1, -0.05) is 49.4 Å². The van der Waals surface area contributed by atoms with E-state index in [-0.39, 0.29) is 18.4 Å². The molecule has 2 amide bonds. The minimum atomic E-state index is -0.445. The highest BCUT2D eigenvalue weighted by atomic mass is 32.2. The number of benzene rings is 2. The fourth-order valence-corrected chi connectivity index (χ4v) is 3.44. The lowest BCUT2D eigenvalue weighted by atomic mass is 10.1. The van der Waals surface area contributed by atoms with Gasteiger partial charge in [0.2, 0.25) is 0 Å². The number of hydrogen-bond donors (Lipinski definition) is 0. The summed E-state index contributed by atoms with van der Waals surface area (Å²) >= 11 is 0.847. The minimum absolute atomic E-state index is 0.129. The summed E-state index contributed by atoms with van der Waals surface area (Å²) < 4.78 is 5.74. The summed E-state index contributed by atoms with van der Waals surface area (Å²) in [5.74, 6) is 0.0444. The molecule has 0 aromatic heterocycles. The normalized spacial score (nSPS) is 16.5. The third-order valence-electron chi connectivity index (χ3n) is 4.36. The van der Waals surface area contributed by atoms with Crippen molar-refractivity contribution in [2.24, 2.45) is 0 Å². The minimum Gasteiger partial charge on any atom is -0.491 e. The van der Waals surface area contributed by atoms with Crippen LogP contribution in [0.5, 0.6) is 5.75 Å². The Labute approximate surface area is 168 Å². The molecule has 1 aliphatic rings. The summed E-state index contributed by atoms with van der Waals surface area (Å²) in [6.45, 7) is 3.80. The molecule has 2 aromatic rings. The van der Waals surface area contributed by atoms with Gasteiger partial charge in [0.05, 0.1) is 17.6 Å². The molecule has 5 nitrogen and oxygen atoms in total. The molecule has 3 rings (SSSR count). The van der Waals surface area contributed by atoms with Crippen molar-refractivity contribution in [3.63, 3.8) is 0 Å². The van der Waals surface area contributed by atoms with Crippen LogP contribution in [0, 0.1) is 0 Å². The van der Waals surface area contributed by atoms with Crippen molar-refractivity contribution in [1.82, 2.24) is 4.90 Å². The Bertz CT molecular complexity index is 906. The quantitative estimate of drug-likeness (QED) is 0.498. The Morgan fingerprint density at radius 1 is 1.11 bits per heavy atom. The Kier molecular flexibility index (Phi) is 6.31. The fourth-order valence-electron chi connectivity index (χ4n) is 2.60. The Morgan fingerprint density at radius 2 is 1.79 bits per heavy atom. The largest absolute Gasteiger partial charge is 0.491 e. The van der Waals surface area contributed by atoms with Gasteiger partial charge in [-0.3, -0.25) is 19.3 Å². The molecule has 1 atom stereocenters. The highest BCUT2D eigenvalue weighted by molar-refractivity contribution is 8.18. The first kappa shape index (κ1) is 19.9. The van der Waals surface area contributed by atoms with Crippen LogP contribution in [0.4, 0.5) is 4.79 Å². The van der Waals surface area contributed by atoms with Crippen molar-refractivity contribution in [2.75, 3.05) is 6.54 Å². The maximum Gasteiger partial charge on any atom is 0.293 e. The van der Waals surface area contributed by atoms with E-state index < -0.39 is 11.1 Å². The zero-order valence-corrected chi connectivity index (χ0v) is 16.6. The number of Topliss-reactive ketones (excluding diaryl/α,β-unsaturated/α-hetero) is 1. The van der Waals surface area contributed by atoms with Crippen LogP contribution in [0.2, 0.25) is 0 Å². The number of ketones is 1. The van der Waals surface area contributed by atoms with Crippen molar-refractivity contribution in [2.45, 2.75) is 26.4 Å². The zero-order valence-electron chi connectivity index (χ0n) is 15.8. The van der Waals surface area contributed by atoms with Gasteiger partial charge in [0.15, 0.2) is 5.78 Å². The molecular formula is C22H21NO4S. The van der Waals surface area contributed by atoms with Crippen molar-refractivity contribution in [3.8, 4) is 5.75 Å². The molecule has 1 heterocycles. The van der Waals surface area contributed by atoms with Crippen molar-refractivity contribution < 1.29 is 19.1 Å². The number of thioether (sulfide) groups is 1. The van der Waals surface area contributed by atoms with Crippen LogP contribution in [-0.4, -0.2) is 34.5 Å². The van der Waals surface area contributed by atoms with Crippen molar-refractivity contribution >= 4 is 34.8 Å². The van der Waals surface area contributed by atoms with Crippen LogP contribution >= 0.6 is 11.8 Å². The molecule has 28 heavy (non-hydrogen) atoms. The first-order valence-electron chi connectivity index (χ1n) is 9.08.